The molecule has 0 bridgehead atoms. The summed E-state index contributed by atoms with van der Waals surface area (Å²) in [6.07, 6.45) is 0.105. The van der Waals surface area contributed by atoms with Crippen LogP contribution in [-0.4, -0.2) is 29.1 Å². The van der Waals surface area contributed by atoms with Gasteiger partial charge in [0, 0.05) is 10.8 Å². The number of carboxylic acid groups (broad SMARTS) is 1. The fourth-order valence-corrected chi connectivity index (χ4v) is 3.16. The molecule has 1 atom stereocenters. The lowest BCUT2D eigenvalue weighted by Crippen LogP contribution is -2.51. The summed E-state index contributed by atoms with van der Waals surface area (Å²) in [6.45, 7) is -0.0459. The van der Waals surface area contributed by atoms with E-state index < -0.39 is 29.8 Å². The number of nitrogens with one attached hydrogen (secondary N) is 1. The molecule has 0 saturated heterocycles. The Morgan fingerprint density at radius 1 is 1.09 bits per heavy atom. The van der Waals surface area contributed by atoms with Crippen LogP contribution in [0.4, 0.5) is 13.2 Å². The van der Waals surface area contributed by atoms with Gasteiger partial charge in [-0.2, -0.15) is 8.78 Å². The van der Waals surface area contributed by atoms with E-state index in [0.717, 1.165) is 6.07 Å². The van der Waals surface area contributed by atoms with Crippen LogP contribution >= 0.6 is 0 Å². The number of amides is 1. The van der Waals surface area contributed by atoms with E-state index in [1.165, 1.54) is 37.3 Å². The molecule has 9 heteroatoms. The normalized spacial score (nSPS) is 12.9. The Morgan fingerprint density at radius 2 is 1.73 bits per heavy atom. The summed E-state index contributed by atoms with van der Waals surface area (Å²) in [5, 5.41) is 12.5. The number of rotatable bonds is 9. The third-order valence-electron chi connectivity index (χ3n) is 5.29. The second kappa shape index (κ2) is 9.81. The fourth-order valence-electron chi connectivity index (χ4n) is 3.16. The Hall–Kier alpha value is -3.75. The largest absolute Gasteiger partial charge is 0.487 e. The van der Waals surface area contributed by atoms with Gasteiger partial charge >= 0.3 is 12.6 Å². The van der Waals surface area contributed by atoms with Crippen molar-refractivity contribution in [1.82, 2.24) is 5.32 Å². The van der Waals surface area contributed by atoms with Crippen LogP contribution in [0.25, 0.3) is 10.8 Å². The van der Waals surface area contributed by atoms with E-state index >= 15 is 0 Å². The number of hydrogen-bond acceptors (Lipinski definition) is 4. The molecule has 3 aromatic rings. The number of benzene rings is 3. The molecule has 1 amide bonds. The Kier molecular flexibility index (Phi) is 7.10. The second-order valence-electron chi connectivity index (χ2n) is 7.54. The Bertz CT molecular complexity index is 1170. The summed E-state index contributed by atoms with van der Waals surface area (Å²) < 4.78 is 49.6. The van der Waals surface area contributed by atoms with Gasteiger partial charge in [-0.3, -0.25) is 4.79 Å². The average Bonchev–Trinajstić information content (AvgIpc) is 2.78. The first-order valence-corrected chi connectivity index (χ1v) is 10.1. The van der Waals surface area contributed by atoms with Gasteiger partial charge in [-0.1, -0.05) is 43.3 Å². The van der Waals surface area contributed by atoms with Crippen molar-refractivity contribution in [2.75, 3.05) is 0 Å². The van der Waals surface area contributed by atoms with Crippen molar-refractivity contribution in [1.29, 1.82) is 0 Å². The van der Waals surface area contributed by atoms with E-state index in [-0.39, 0.29) is 35.5 Å². The Labute approximate surface area is 187 Å². The van der Waals surface area contributed by atoms with Crippen LogP contribution in [0.15, 0.2) is 54.6 Å². The van der Waals surface area contributed by atoms with Crippen molar-refractivity contribution in [3.63, 3.8) is 0 Å². The number of carboxylic acids is 1. The van der Waals surface area contributed by atoms with Crippen molar-refractivity contribution < 1.29 is 37.3 Å². The third kappa shape index (κ3) is 5.36. The monoisotopic (exact) mass is 461 g/mol. The highest BCUT2D eigenvalue weighted by Crippen LogP contribution is 2.33. The molecule has 0 spiro atoms. The first-order chi connectivity index (χ1) is 15.6. The topological polar surface area (TPSA) is 84.9 Å². The van der Waals surface area contributed by atoms with Crippen LogP contribution in [0, 0.1) is 5.82 Å². The Balaban J connectivity index is 1.96. The zero-order valence-electron chi connectivity index (χ0n) is 17.9. The molecule has 174 valence electrons. The van der Waals surface area contributed by atoms with Crippen LogP contribution in [0.1, 0.15) is 36.2 Å². The molecule has 0 aliphatic heterocycles. The second-order valence-corrected chi connectivity index (χ2v) is 7.54. The molecular formula is C24H22F3NO5. The minimum Gasteiger partial charge on any atom is -0.487 e. The molecule has 0 radical (unpaired) electrons. The van der Waals surface area contributed by atoms with Gasteiger partial charge in [0.25, 0.3) is 5.91 Å². The third-order valence-corrected chi connectivity index (χ3v) is 5.29. The molecule has 0 aliphatic rings. The van der Waals surface area contributed by atoms with Gasteiger partial charge in [0.05, 0.1) is 5.56 Å². The van der Waals surface area contributed by atoms with Crippen molar-refractivity contribution in [3.05, 3.63) is 71.5 Å². The van der Waals surface area contributed by atoms with Crippen LogP contribution in [0.3, 0.4) is 0 Å². The lowest BCUT2D eigenvalue weighted by Gasteiger charge is -2.25. The molecular weight excluding hydrogens is 439 g/mol. The standard InChI is InChI=1S/C24H22F3NO5/c1-3-24(2,22(30)31)28-21(29)18-12-19(25)16-6-4-5-7-17(16)20(18)32-13-14-8-10-15(11-9-14)33-23(26)27/h4-12,23H,3,13H2,1-2H3,(H,28,29)(H,30,31). The highest BCUT2D eigenvalue weighted by atomic mass is 19.3. The number of carbonyl (C=O) groups is 2. The van der Waals surface area contributed by atoms with Gasteiger partial charge in [0.1, 0.15) is 29.5 Å². The lowest BCUT2D eigenvalue weighted by molar-refractivity contribution is -0.143. The molecule has 2 N–H and O–H groups in total. The number of aliphatic carboxylic acids is 1. The number of alkyl halides is 2. The fraction of sp³-hybridized carbons (Fsp3) is 0.250. The zero-order chi connectivity index (χ0) is 24.2. The summed E-state index contributed by atoms with van der Waals surface area (Å²) in [4.78, 5) is 24.6. The molecule has 0 saturated carbocycles. The van der Waals surface area contributed by atoms with Crippen LogP contribution in [0.5, 0.6) is 11.5 Å². The van der Waals surface area contributed by atoms with Crippen molar-refractivity contribution in [2.24, 2.45) is 0 Å². The maximum absolute atomic E-state index is 14.7. The van der Waals surface area contributed by atoms with E-state index in [1.54, 1.807) is 25.1 Å². The first-order valence-electron chi connectivity index (χ1n) is 10.1. The Morgan fingerprint density at radius 3 is 2.30 bits per heavy atom. The molecule has 3 aromatic carbocycles. The lowest BCUT2D eigenvalue weighted by atomic mass is 9.97. The summed E-state index contributed by atoms with van der Waals surface area (Å²) >= 11 is 0. The van der Waals surface area contributed by atoms with Gasteiger partial charge < -0.3 is 19.9 Å². The van der Waals surface area contributed by atoms with E-state index in [4.69, 9.17) is 4.74 Å². The number of ether oxygens (including phenoxy) is 2. The van der Waals surface area contributed by atoms with Crippen LogP contribution < -0.4 is 14.8 Å². The van der Waals surface area contributed by atoms with Crippen molar-refractivity contribution in [2.45, 2.75) is 39.0 Å². The smallest absolute Gasteiger partial charge is 0.387 e. The SMILES string of the molecule is CCC(C)(NC(=O)c1cc(F)c2ccccc2c1OCc1ccc(OC(F)F)cc1)C(=O)O. The maximum Gasteiger partial charge on any atom is 0.387 e. The van der Waals surface area contributed by atoms with Crippen LogP contribution in [0.2, 0.25) is 0 Å². The highest BCUT2D eigenvalue weighted by Gasteiger charge is 2.34. The van der Waals surface area contributed by atoms with E-state index in [1.807, 2.05) is 0 Å². The molecule has 0 aromatic heterocycles. The highest BCUT2D eigenvalue weighted by molar-refractivity contribution is 6.05. The molecule has 0 aliphatic carbocycles. The van der Waals surface area contributed by atoms with Gasteiger partial charge in [-0.15, -0.1) is 0 Å². The summed E-state index contributed by atoms with van der Waals surface area (Å²) in [7, 11) is 0. The predicted molar refractivity (Wildman–Crippen MR) is 115 cm³/mol. The molecule has 33 heavy (non-hydrogen) atoms. The quantitative estimate of drug-likeness (QED) is 0.461. The number of carbonyl (C=O) groups excluding carboxylic acids is 1. The van der Waals surface area contributed by atoms with E-state index in [2.05, 4.69) is 10.1 Å². The van der Waals surface area contributed by atoms with Gasteiger partial charge in [-0.05, 0) is 37.1 Å². The molecule has 0 heterocycles. The average molecular weight is 461 g/mol. The van der Waals surface area contributed by atoms with E-state index in [0.29, 0.717) is 10.9 Å². The number of halogens is 3. The van der Waals surface area contributed by atoms with Crippen molar-refractivity contribution in [3.8, 4) is 11.5 Å². The van der Waals surface area contributed by atoms with Gasteiger partial charge in [0.15, 0.2) is 0 Å². The molecule has 6 nitrogen and oxygen atoms in total. The van der Waals surface area contributed by atoms with Crippen molar-refractivity contribution >= 4 is 22.6 Å². The number of hydrogen-bond donors (Lipinski definition) is 2. The molecule has 3 rings (SSSR count). The maximum atomic E-state index is 14.7. The minimum atomic E-state index is -2.95. The number of fused-ring (bicyclic) bond motifs is 1. The van der Waals surface area contributed by atoms with Crippen LogP contribution in [-0.2, 0) is 11.4 Å². The van der Waals surface area contributed by atoms with Gasteiger partial charge in [0.2, 0.25) is 0 Å². The summed E-state index contributed by atoms with van der Waals surface area (Å²) in [5.74, 6) is -2.64. The first kappa shape index (κ1) is 23.9. The zero-order valence-corrected chi connectivity index (χ0v) is 17.9. The van der Waals surface area contributed by atoms with Gasteiger partial charge in [-0.25, -0.2) is 9.18 Å². The summed E-state index contributed by atoms with van der Waals surface area (Å²) in [5.41, 5.74) is -1.14. The predicted octanol–water partition coefficient (Wildman–Crippen LogP) is 5.14. The molecule has 1 unspecified atom stereocenters. The minimum absolute atomic E-state index is 0.0198. The molecule has 0 fully saturated rings. The summed E-state index contributed by atoms with van der Waals surface area (Å²) in [6, 6.07) is 13.1. The van der Waals surface area contributed by atoms with E-state index in [9.17, 15) is 27.9 Å².